The summed E-state index contributed by atoms with van der Waals surface area (Å²) < 4.78 is 0. The molecule has 1 amide bonds. The van der Waals surface area contributed by atoms with Gasteiger partial charge in [0.1, 0.15) is 11.5 Å². The van der Waals surface area contributed by atoms with Crippen molar-refractivity contribution in [3.8, 4) is 11.8 Å². The van der Waals surface area contributed by atoms with Crippen molar-refractivity contribution in [3.05, 3.63) is 56.7 Å². The number of carbonyl (C=O) groups is 1. The molecule has 1 N–H and O–H groups in total. The molecule has 1 aromatic heterocycles. The van der Waals surface area contributed by atoms with E-state index in [1.54, 1.807) is 23.4 Å². The number of aliphatic hydroxyl groups excluding tert-OH is 1. The van der Waals surface area contributed by atoms with Crippen LogP contribution in [0.15, 0.2) is 35.7 Å². The third kappa shape index (κ3) is 4.08. The number of hydrogen-bond acceptors (Lipinski definition) is 3. The molecule has 0 spiro atoms. The topological polar surface area (TPSA) is 40.5 Å². The van der Waals surface area contributed by atoms with Gasteiger partial charge in [0.25, 0.3) is 5.91 Å². The Morgan fingerprint density at radius 1 is 1.33 bits per heavy atom. The molecular formula is C16H14ClNO2S. The monoisotopic (exact) mass is 319 g/mol. The van der Waals surface area contributed by atoms with E-state index in [1.807, 2.05) is 24.3 Å². The van der Waals surface area contributed by atoms with Gasteiger partial charge in [-0.1, -0.05) is 35.6 Å². The van der Waals surface area contributed by atoms with Crippen LogP contribution in [0.2, 0.25) is 5.02 Å². The first kappa shape index (κ1) is 15.6. The van der Waals surface area contributed by atoms with Crippen LogP contribution in [0.1, 0.15) is 20.8 Å². The van der Waals surface area contributed by atoms with E-state index in [-0.39, 0.29) is 12.5 Å². The Bertz CT molecular complexity index is 682. The molecule has 0 fully saturated rings. The van der Waals surface area contributed by atoms with Crippen molar-refractivity contribution in [1.29, 1.82) is 0 Å². The average molecular weight is 320 g/mol. The lowest BCUT2D eigenvalue weighted by Crippen LogP contribution is -2.25. The van der Waals surface area contributed by atoms with Crippen LogP contribution in [-0.4, -0.2) is 29.6 Å². The minimum atomic E-state index is -0.152. The van der Waals surface area contributed by atoms with Gasteiger partial charge in [-0.25, -0.2) is 0 Å². The highest BCUT2D eigenvalue weighted by Crippen LogP contribution is 2.23. The number of thiophene rings is 1. The normalized spacial score (nSPS) is 9.86. The minimum absolute atomic E-state index is 0.0841. The molecule has 0 atom stereocenters. The fourth-order valence-electron chi connectivity index (χ4n) is 1.80. The molecule has 0 aliphatic rings. The Hall–Kier alpha value is -1.80. The number of rotatable bonds is 3. The molecule has 108 valence electrons. The molecule has 0 unspecified atom stereocenters. The molecule has 3 nitrogen and oxygen atoms in total. The second-order valence-corrected chi connectivity index (χ2v) is 5.74. The summed E-state index contributed by atoms with van der Waals surface area (Å²) in [7, 11) is 1.75. The summed E-state index contributed by atoms with van der Waals surface area (Å²) >= 11 is 7.32. The number of benzene rings is 1. The van der Waals surface area contributed by atoms with Gasteiger partial charge < -0.3 is 10.0 Å². The molecule has 0 saturated carbocycles. The molecule has 0 aliphatic heterocycles. The van der Waals surface area contributed by atoms with Gasteiger partial charge >= 0.3 is 0 Å². The molecule has 2 rings (SSSR count). The maximum Gasteiger partial charge on any atom is 0.265 e. The van der Waals surface area contributed by atoms with Gasteiger partial charge in [0.05, 0.1) is 5.02 Å². The molecule has 5 heteroatoms. The maximum atomic E-state index is 12.2. The summed E-state index contributed by atoms with van der Waals surface area (Å²) in [4.78, 5) is 14.4. The summed E-state index contributed by atoms with van der Waals surface area (Å²) in [5.74, 6) is 5.34. The van der Waals surface area contributed by atoms with Crippen molar-refractivity contribution in [3.63, 3.8) is 0 Å². The maximum absolute atomic E-state index is 12.2. The lowest BCUT2D eigenvalue weighted by atomic mass is 10.1. The summed E-state index contributed by atoms with van der Waals surface area (Å²) in [5, 5.41) is 10.9. The highest BCUT2D eigenvalue weighted by Gasteiger charge is 2.16. The van der Waals surface area contributed by atoms with Gasteiger partial charge in [-0.2, -0.15) is 0 Å². The van der Waals surface area contributed by atoms with Crippen LogP contribution in [0.5, 0.6) is 0 Å². The van der Waals surface area contributed by atoms with Crippen molar-refractivity contribution in [2.24, 2.45) is 0 Å². The second-order valence-electron chi connectivity index (χ2n) is 4.42. The van der Waals surface area contributed by atoms with Gasteiger partial charge in [0.2, 0.25) is 0 Å². The van der Waals surface area contributed by atoms with Gasteiger partial charge in [0, 0.05) is 19.2 Å². The Kier molecular flexibility index (Phi) is 5.40. The number of nitrogens with zero attached hydrogens (tertiary/aromatic N) is 1. The number of halogens is 1. The zero-order chi connectivity index (χ0) is 15.2. The first-order valence-corrected chi connectivity index (χ1v) is 7.54. The Morgan fingerprint density at radius 2 is 2.05 bits per heavy atom. The predicted octanol–water partition coefficient (Wildman–Crippen LogP) is 3.02. The zero-order valence-electron chi connectivity index (χ0n) is 11.5. The summed E-state index contributed by atoms with van der Waals surface area (Å²) in [6.45, 7) is 0.349. The quantitative estimate of drug-likeness (QED) is 0.883. The fourth-order valence-corrected chi connectivity index (χ4v) is 2.93. The highest BCUT2D eigenvalue weighted by atomic mass is 35.5. The van der Waals surface area contributed by atoms with E-state index >= 15 is 0 Å². The average Bonchev–Trinajstić information content (AvgIpc) is 2.92. The Labute approximate surface area is 132 Å². The smallest absolute Gasteiger partial charge is 0.265 e. The van der Waals surface area contributed by atoms with Crippen LogP contribution in [0.25, 0.3) is 0 Å². The summed E-state index contributed by atoms with van der Waals surface area (Å²) in [6.07, 6.45) is 0. The van der Waals surface area contributed by atoms with E-state index < -0.39 is 0 Å². The van der Waals surface area contributed by atoms with Crippen LogP contribution < -0.4 is 0 Å². The van der Waals surface area contributed by atoms with E-state index in [0.717, 1.165) is 11.1 Å². The van der Waals surface area contributed by atoms with E-state index in [4.69, 9.17) is 16.7 Å². The molecule has 1 heterocycles. The van der Waals surface area contributed by atoms with Crippen molar-refractivity contribution >= 4 is 28.8 Å². The lowest BCUT2D eigenvalue weighted by molar-refractivity contribution is 0.0790. The van der Waals surface area contributed by atoms with Crippen LogP contribution in [0, 0.1) is 11.8 Å². The summed E-state index contributed by atoms with van der Waals surface area (Å²) in [6, 6.07) is 9.30. The third-order valence-electron chi connectivity index (χ3n) is 2.84. The fraction of sp³-hybridized carbons (Fsp3) is 0.188. The molecular weight excluding hydrogens is 306 g/mol. The van der Waals surface area contributed by atoms with Gasteiger partial charge in [-0.15, -0.1) is 11.3 Å². The van der Waals surface area contributed by atoms with Gasteiger partial charge in [0.15, 0.2) is 0 Å². The van der Waals surface area contributed by atoms with E-state index in [0.29, 0.717) is 16.4 Å². The molecule has 0 aliphatic carbocycles. The van der Waals surface area contributed by atoms with Crippen LogP contribution in [0.4, 0.5) is 0 Å². The van der Waals surface area contributed by atoms with Crippen LogP contribution in [0.3, 0.4) is 0 Å². The second kappa shape index (κ2) is 7.28. The molecule has 0 radical (unpaired) electrons. The molecule has 0 saturated heterocycles. The summed E-state index contributed by atoms with van der Waals surface area (Å²) in [5.41, 5.74) is 1.84. The molecule has 1 aromatic carbocycles. The van der Waals surface area contributed by atoms with Crippen molar-refractivity contribution in [1.82, 2.24) is 4.90 Å². The predicted molar refractivity (Wildman–Crippen MR) is 85.5 cm³/mol. The van der Waals surface area contributed by atoms with Crippen molar-refractivity contribution in [2.75, 3.05) is 13.7 Å². The number of hydrogen-bond donors (Lipinski definition) is 1. The number of carbonyl (C=O) groups excluding carboxylic acids is 1. The molecule has 0 bridgehead atoms. The molecule has 2 aromatic rings. The lowest BCUT2D eigenvalue weighted by Gasteiger charge is -2.16. The van der Waals surface area contributed by atoms with Crippen molar-refractivity contribution < 1.29 is 9.90 Å². The minimum Gasteiger partial charge on any atom is -0.384 e. The number of aliphatic hydroxyl groups is 1. The van der Waals surface area contributed by atoms with Crippen LogP contribution >= 0.6 is 22.9 Å². The van der Waals surface area contributed by atoms with Gasteiger partial charge in [-0.3, -0.25) is 4.79 Å². The van der Waals surface area contributed by atoms with Crippen LogP contribution in [-0.2, 0) is 6.54 Å². The first-order chi connectivity index (χ1) is 10.1. The zero-order valence-corrected chi connectivity index (χ0v) is 13.0. The van der Waals surface area contributed by atoms with Gasteiger partial charge in [-0.05, 0) is 29.1 Å². The number of amides is 1. The Balaban J connectivity index is 2.04. The standard InChI is InChI=1S/C16H14ClNO2S/c1-18(16(20)15-14(17)8-10-21-15)11-13-6-4-12(5-7-13)3-2-9-19/h4-8,10,19H,9,11H2,1H3. The highest BCUT2D eigenvalue weighted by molar-refractivity contribution is 7.12. The SMILES string of the molecule is CN(Cc1ccc(C#CCO)cc1)C(=O)c1sccc1Cl. The largest absolute Gasteiger partial charge is 0.384 e. The van der Waals surface area contributed by atoms with E-state index in [9.17, 15) is 4.79 Å². The van der Waals surface area contributed by atoms with E-state index in [2.05, 4.69) is 11.8 Å². The Morgan fingerprint density at radius 3 is 2.62 bits per heavy atom. The molecule has 21 heavy (non-hydrogen) atoms. The van der Waals surface area contributed by atoms with Crippen molar-refractivity contribution in [2.45, 2.75) is 6.54 Å². The third-order valence-corrected chi connectivity index (χ3v) is 4.17. The van der Waals surface area contributed by atoms with E-state index in [1.165, 1.54) is 11.3 Å². The first-order valence-electron chi connectivity index (χ1n) is 6.29.